The quantitative estimate of drug-likeness (QED) is 0.302. The maximum Gasteiger partial charge on any atom is 0.277 e. The predicted octanol–water partition coefficient (Wildman–Crippen LogP) is 5.73. The molecule has 2 aromatic carbocycles. The Morgan fingerprint density at radius 3 is 2.62 bits per heavy atom. The van der Waals surface area contributed by atoms with Crippen molar-refractivity contribution in [2.75, 3.05) is 5.32 Å². The topological polar surface area (TPSA) is 74.0 Å². The molecule has 0 spiro atoms. The highest BCUT2D eigenvalue weighted by Crippen LogP contribution is 2.28. The van der Waals surface area contributed by atoms with Crippen LogP contribution in [-0.2, 0) is 13.3 Å². The van der Waals surface area contributed by atoms with Gasteiger partial charge in [0.25, 0.3) is 5.91 Å². The molecular formula is C21H15Br2ClFN5O2. The number of ether oxygens (including phenoxy) is 1. The van der Waals surface area contributed by atoms with E-state index in [2.05, 4.69) is 47.4 Å². The highest BCUT2D eigenvalue weighted by molar-refractivity contribution is 9.10. The molecule has 1 N–H and O–H groups in total. The fourth-order valence-electron chi connectivity index (χ4n) is 2.79. The summed E-state index contributed by atoms with van der Waals surface area (Å²) in [6, 6.07) is 13.0. The highest BCUT2D eigenvalue weighted by atomic mass is 79.9. The van der Waals surface area contributed by atoms with Crippen LogP contribution in [0.25, 0.3) is 0 Å². The number of amides is 1. The maximum atomic E-state index is 13.1. The average molecular weight is 584 g/mol. The molecule has 4 rings (SSSR count). The summed E-state index contributed by atoms with van der Waals surface area (Å²) in [4.78, 5) is 12.6. The summed E-state index contributed by atoms with van der Waals surface area (Å²) in [5.74, 6) is 0.142. The van der Waals surface area contributed by atoms with Crippen LogP contribution in [0, 0.1) is 5.82 Å². The molecule has 0 radical (unpaired) electrons. The van der Waals surface area contributed by atoms with E-state index in [9.17, 15) is 9.18 Å². The minimum absolute atomic E-state index is 0.0879. The van der Waals surface area contributed by atoms with Crippen LogP contribution in [0.4, 0.5) is 10.2 Å². The number of hydrogen-bond donors (Lipinski definition) is 1. The van der Waals surface area contributed by atoms with Crippen LogP contribution in [-0.4, -0.2) is 25.5 Å². The zero-order chi connectivity index (χ0) is 22.7. The summed E-state index contributed by atoms with van der Waals surface area (Å²) in [5.41, 5.74) is 1.08. The molecule has 0 aliphatic rings. The van der Waals surface area contributed by atoms with Crippen LogP contribution in [0.2, 0.25) is 5.02 Å². The van der Waals surface area contributed by atoms with Crippen LogP contribution >= 0.6 is 43.5 Å². The molecule has 4 aromatic rings. The predicted molar refractivity (Wildman–Crippen MR) is 125 cm³/mol. The SMILES string of the molecule is O=C(Nc1nn(Cc2ccc(F)cc2)cc1Br)c1ccn(COc2ccc(Br)cc2Cl)n1. The molecule has 2 heterocycles. The lowest BCUT2D eigenvalue weighted by Crippen LogP contribution is -2.15. The zero-order valence-electron chi connectivity index (χ0n) is 16.3. The Bertz CT molecular complexity index is 1260. The third-order valence-corrected chi connectivity index (χ3v) is 5.70. The Kier molecular flexibility index (Phi) is 6.92. The van der Waals surface area contributed by atoms with E-state index < -0.39 is 5.91 Å². The Labute approximate surface area is 204 Å². The Balaban J connectivity index is 1.37. The lowest BCUT2D eigenvalue weighted by atomic mass is 10.2. The molecule has 0 atom stereocenters. The number of rotatable bonds is 7. The number of aromatic nitrogens is 4. The van der Waals surface area contributed by atoms with Crippen LogP contribution in [0.1, 0.15) is 16.1 Å². The molecule has 0 fully saturated rings. The van der Waals surface area contributed by atoms with Gasteiger partial charge in [-0.2, -0.15) is 10.2 Å². The first-order chi connectivity index (χ1) is 15.4. The highest BCUT2D eigenvalue weighted by Gasteiger charge is 2.15. The molecule has 0 saturated carbocycles. The minimum Gasteiger partial charge on any atom is -0.470 e. The summed E-state index contributed by atoms with van der Waals surface area (Å²) in [6.07, 6.45) is 3.36. The number of anilines is 1. The van der Waals surface area contributed by atoms with E-state index in [1.165, 1.54) is 16.8 Å². The van der Waals surface area contributed by atoms with Crippen LogP contribution in [0.3, 0.4) is 0 Å². The number of nitrogens with zero attached hydrogens (tertiary/aromatic N) is 4. The second-order valence-electron chi connectivity index (χ2n) is 6.69. The molecule has 7 nitrogen and oxygen atoms in total. The van der Waals surface area contributed by atoms with Gasteiger partial charge in [0, 0.05) is 16.9 Å². The molecule has 0 aliphatic heterocycles. The molecule has 0 unspecified atom stereocenters. The van der Waals surface area contributed by atoms with Crippen LogP contribution in [0.15, 0.2) is 69.9 Å². The molecule has 2 aromatic heterocycles. The van der Waals surface area contributed by atoms with Crippen molar-refractivity contribution in [1.29, 1.82) is 0 Å². The smallest absolute Gasteiger partial charge is 0.277 e. The van der Waals surface area contributed by atoms with E-state index >= 15 is 0 Å². The van der Waals surface area contributed by atoms with E-state index in [1.54, 1.807) is 47.4 Å². The normalized spacial score (nSPS) is 10.9. The van der Waals surface area contributed by atoms with Gasteiger partial charge in [-0.1, -0.05) is 39.7 Å². The van der Waals surface area contributed by atoms with E-state index in [-0.39, 0.29) is 18.2 Å². The largest absolute Gasteiger partial charge is 0.470 e. The van der Waals surface area contributed by atoms with E-state index in [1.807, 2.05) is 6.07 Å². The lowest BCUT2D eigenvalue weighted by Gasteiger charge is -2.08. The molecule has 11 heteroatoms. The number of hydrogen-bond acceptors (Lipinski definition) is 4. The van der Waals surface area contributed by atoms with E-state index in [0.717, 1.165) is 10.0 Å². The second kappa shape index (κ2) is 9.85. The Morgan fingerprint density at radius 1 is 1.09 bits per heavy atom. The molecule has 164 valence electrons. The maximum absolute atomic E-state index is 13.1. The Hall–Kier alpha value is -2.69. The lowest BCUT2D eigenvalue weighted by molar-refractivity contribution is 0.101. The van der Waals surface area contributed by atoms with Crippen molar-refractivity contribution in [2.24, 2.45) is 0 Å². The monoisotopic (exact) mass is 581 g/mol. The molecule has 32 heavy (non-hydrogen) atoms. The molecule has 1 amide bonds. The van der Waals surface area contributed by atoms with Crippen molar-refractivity contribution < 1.29 is 13.9 Å². The molecule has 0 bridgehead atoms. The number of carbonyl (C=O) groups excluding carboxylic acids is 1. The van der Waals surface area contributed by atoms with Crippen LogP contribution in [0.5, 0.6) is 5.75 Å². The van der Waals surface area contributed by atoms with Crippen molar-refractivity contribution in [1.82, 2.24) is 19.6 Å². The number of nitrogens with one attached hydrogen (secondary N) is 1. The van der Waals surface area contributed by atoms with E-state index in [4.69, 9.17) is 16.3 Å². The fourth-order valence-corrected chi connectivity index (χ4v) is 3.94. The number of halogens is 4. The fraction of sp³-hybridized carbons (Fsp3) is 0.0952. The molecular weight excluding hydrogens is 569 g/mol. The summed E-state index contributed by atoms with van der Waals surface area (Å²) in [6.45, 7) is 0.518. The van der Waals surface area contributed by atoms with Gasteiger partial charge in [0.15, 0.2) is 18.2 Å². The first-order valence-corrected chi connectivity index (χ1v) is 11.2. The van der Waals surface area contributed by atoms with Gasteiger partial charge in [-0.25, -0.2) is 9.07 Å². The zero-order valence-corrected chi connectivity index (χ0v) is 20.2. The summed E-state index contributed by atoms with van der Waals surface area (Å²) < 4.78 is 23.3. The second-order valence-corrected chi connectivity index (χ2v) is 8.87. The molecule has 0 aliphatic carbocycles. The third kappa shape index (κ3) is 5.56. The van der Waals surface area contributed by atoms with Gasteiger partial charge in [-0.05, 0) is 57.9 Å². The Morgan fingerprint density at radius 2 is 1.88 bits per heavy atom. The van der Waals surface area contributed by atoms with Gasteiger partial charge in [0.1, 0.15) is 11.6 Å². The van der Waals surface area contributed by atoms with Gasteiger partial charge in [0.2, 0.25) is 0 Å². The molecule has 0 saturated heterocycles. The van der Waals surface area contributed by atoms with Crippen LogP contribution < -0.4 is 10.1 Å². The first-order valence-electron chi connectivity index (χ1n) is 9.27. The van der Waals surface area contributed by atoms with Gasteiger partial charge in [-0.3, -0.25) is 9.48 Å². The standard InChI is InChI=1S/C21H15Br2ClFN5O2/c22-14-3-6-19(17(24)9-14)32-12-29-8-7-18(27-29)21(31)26-20-16(23)11-30(28-20)10-13-1-4-15(25)5-2-13/h1-9,11H,10,12H2,(H,26,28,31). The average Bonchev–Trinajstić information content (AvgIpc) is 3.36. The van der Waals surface area contributed by atoms with Gasteiger partial charge in [-0.15, -0.1) is 0 Å². The van der Waals surface area contributed by atoms with Crippen molar-refractivity contribution in [3.8, 4) is 5.75 Å². The number of carbonyl (C=O) groups is 1. The summed E-state index contributed by atoms with van der Waals surface area (Å²) in [5, 5.41) is 11.8. The first kappa shape index (κ1) is 22.5. The summed E-state index contributed by atoms with van der Waals surface area (Å²) in [7, 11) is 0. The summed E-state index contributed by atoms with van der Waals surface area (Å²) >= 11 is 12.9. The minimum atomic E-state index is -0.418. The number of benzene rings is 2. The van der Waals surface area contributed by atoms with Crippen molar-refractivity contribution in [2.45, 2.75) is 13.3 Å². The van der Waals surface area contributed by atoms with Gasteiger partial charge >= 0.3 is 0 Å². The third-order valence-electron chi connectivity index (χ3n) is 4.33. The van der Waals surface area contributed by atoms with Crippen molar-refractivity contribution in [3.05, 3.63) is 92.0 Å². The van der Waals surface area contributed by atoms with Gasteiger partial charge < -0.3 is 10.1 Å². The van der Waals surface area contributed by atoms with Crippen molar-refractivity contribution >= 4 is 55.2 Å². The van der Waals surface area contributed by atoms with Crippen molar-refractivity contribution in [3.63, 3.8) is 0 Å². The van der Waals surface area contributed by atoms with E-state index in [0.29, 0.717) is 27.6 Å². The van der Waals surface area contributed by atoms with Gasteiger partial charge in [0.05, 0.1) is 16.0 Å².